The lowest BCUT2D eigenvalue weighted by Crippen LogP contribution is -2.34. The summed E-state index contributed by atoms with van der Waals surface area (Å²) in [6, 6.07) is 15.1. The lowest BCUT2D eigenvalue weighted by atomic mass is 9.78. The van der Waals surface area contributed by atoms with E-state index < -0.39 is 41.5 Å². The summed E-state index contributed by atoms with van der Waals surface area (Å²) in [5.41, 5.74) is 0.837. The fraction of sp³-hybridized carbons (Fsp3) is 0.167. The molecule has 0 aromatic heterocycles. The van der Waals surface area contributed by atoms with E-state index in [4.69, 9.17) is 9.47 Å². The summed E-state index contributed by atoms with van der Waals surface area (Å²) in [6.45, 7) is 0. The SMILES string of the molecule is O=C1c2c(O)cc(O)cc2OC(c2ccc(O)cc2)C1c1c(O)cc(O)c2c1OC(c1ccc(O)cc1)C(O)C2. The van der Waals surface area contributed by atoms with E-state index in [0.29, 0.717) is 11.1 Å². The molecule has 10 heteroatoms. The van der Waals surface area contributed by atoms with Crippen LogP contribution in [-0.2, 0) is 6.42 Å². The monoisotopic (exact) mass is 544 g/mol. The van der Waals surface area contributed by atoms with E-state index in [0.717, 1.165) is 12.1 Å². The van der Waals surface area contributed by atoms with Gasteiger partial charge in [0, 0.05) is 30.2 Å². The lowest BCUT2D eigenvalue weighted by molar-refractivity contribution is 0.0179. The first-order chi connectivity index (χ1) is 19.1. The number of ether oxygens (including phenoxy) is 2. The number of benzene rings is 4. The van der Waals surface area contributed by atoms with Gasteiger partial charge in [-0.25, -0.2) is 0 Å². The van der Waals surface area contributed by atoms with Crippen molar-refractivity contribution in [3.05, 3.63) is 94.5 Å². The van der Waals surface area contributed by atoms with Crippen LogP contribution < -0.4 is 9.47 Å². The van der Waals surface area contributed by atoms with Crippen molar-refractivity contribution in [2.24, 2.45) is 0 Å². The maximum Gasteiger partial charge on any atom is 0.182 e. The Morgan fingerprint density at radius 1 is 0.650 bits per heavy atom. The predicted octanol–water partition coefficient (Wildman–Crippen LogP) is 4.06. The molecule has 4 atom stereocenters. The Hall–Kier alpha value is -5.09. The van der Waals surface area contributed by atoms with Crippen molar-refractivity contribution in [2.75, 3.05) is 0 Å². The van der Waals surface area contributed by atoms with Crippen molar-refractivity contribution >= 4 is 5.78 Å². The number of aliphatic hydroxyl groups excluding tert-OH is 1. The molecule has 7 N–H and O–H groups in total. The smallest absolute Gasteiger partial charge is 0.182 e. The largest absolute Gasteiger partial charge is 0.508 e. The van der Waals surface area contributed by atoms with Gasteiger partial charge in [-0.2, -0.15) is 0 Å². The number of phenols is 6. The number of Topliss-reactive ketones (excluding diaryl/α,β-unsaturated/α-hetero) is 1. The standard InChI is InChI=1S/C30H24O10/c31-15-5-1-13(2-6-15)28-22(37)11-18-19(34)12-21(36)25(30(18)40-28)26-27(38)24-20(35)9-17(33)10-23(24)39-29(26)14-3-7-16(32)8-4-14/h1-10,12,22,26,28-29,31-37H,11H2. The van der Waals surface area contributed by atoms with Crippen LogP contribution in [0.3, 0.4) is 0 Å². The number of aromatic hydroxyl groups is 6. The van der Waals surface area contributed by atoms with Crippen LogP contribution in [0.5, 0.6) is 46.0 Å². The first-order valence-electron chi connectivity index (χ1n) is 12.4. The highest BCUT2D eigenvalue weighted by Crippen LogP contribution is 2.55. The fourth-order valence-corrected chi connectivity index (χ4v) is 5.43. The summed E-state index contributed by atoms with van der Waals surface area (Å²) in [7, 11) is 0. The molecular weight excluding hydrogens is 520 g/mol. The Labute approximate surface area is 227 Å². The van der Waals surface area contributed by atoms with Crippen molar-refractivity contribution in [1.82, 2.24) is 0 Å². The minimum absolute atomic E-state index is 0.0108. The second-order valence-electron chi connectivity index (χ2n) is 9.85. The van der Waals surface area contributed by atoms with E-state index in [1.54, 1.807) is 12.1 Å². The Morgan fingerprint density at radius 3 is 1.88 bits per heavy atom. The molecule has 4 aromatic rings. The van der Waals surface area contributed by atoms with Crippen molar-refractivity contribution in [1.29, 1.82) is 0 Å². The maximum absolute atomic E-state index is 14.1. The van der Waals surface area contributed by atoms with Crippen molar-refractivity contribution in [3.63, 3.8) is 0 Å². The highest BCUT2D eigenvalue weighted by atomic mass is 16.5. The van der Waals surface area contributed by atoms with E-state index >= 15 is 0 Å². The molecule has 10 nitrogen and oxygen atoms in total. The van der Waals surface area contributed by atoms with Crippen LogP contribution in [-0.4, -0.2) is 47.6 Å². The predicted molar refractivity (Wildman–Crippen MR) is 139 cm³/mol. The molecule has 0 saturated carbocycles. The maximum atomic E-state index is 14.1. The average Bonchev–Trinajstić information content (AvgIpc) is 2.90. The second kappa shape index (κ2) is 9.28. The molecule has 4 unspecified atom stereocenters. The Morgan fingerprint density at radius 2 is 1.25 bits per heavy atom. The van der Waals surface area contributed by atoms with Gasteiger partial charge in [-0.1, -0.05) is 24.3 Å². The zero-order valence-corrected chi connectivity index (χ0v) is 20.7. The van der Waals surface area contributed by atoms with Gasteiger partial charge >= 0.3 is 0 Å². The summed E-state index contributed by atoms with van der Waals surface area (Å²) in [5, 5.41) is 72.9. The van der Waals surface area contributed by atoms with Gasteiger partial charge in [0.1, 0.15) is 63.8 Å². The number of carbonyl (C=O) groups is 1. The van der Waals surface area contributed by atoms with Crippen LogP contribution >= 0.6 is 0 Å². The minimum Gasteiger partial charge on any atom is -0.508 e. The molecule has 0 bridgehead atoms. The van der Waals surface area contributed by atoms with Crippen LogP contribution in [0.4, 0.5) is 0 Å². The molecule has 40 heavy (non-hydrogen) atoms. The van der Waals surface area contributed by atoms with Gasteiger partial charge in [0.15, 0.2) is 5.78 Å². The van der Waals surface area contributed by atoms with Gasteiger partial charge < -0.3 is 45.2 Å². The second-order valence-corrected chi connectivity index (χ2v) is 9.85. The van der Waals surface area contributed by atoms with Crippen LogP contribution in [0, 0.1) is 0 Å². The number of carbonyl (C=O) groups excluding carboxylic acids is 1. The van der Waals surface area contributed by atoms with Crippen LogP contribution in [0.2, 0.25) is 0 Å². The van der Waals surface area contributed by atoms with E-state index in [9.17, 15) is 40.5 Å². The molecule has 0 radical (unpaired) electrons. The number of rotatable bonds is 3. The van der Waals surface area contributed by atoms with Gasteiger partial charge in [0.05, 0.1) is 17.6 Å². The van der Waals surface area contributed by atoms with E-state index in [-0.39, 0.29) is 57.6 Å². The average molecular weight is 545 g/mol. The third-order valence-electron chi connectivity index (χ3n) is 7.29. The third kappa shape index (κ3) is 4.05. The minimum atomic E-state index is -1.32. The van der Waals surface area contributed by atoms with Gasteiger partial charge in [-0.15, -0.1) is 0 Å². The highest BCUT2D eigenvalue weighted by molar-refractivity contribution is 6.07. The third-order valence-corrected chi connectivity index (χ3v) is 7.29. The molecule has 2 aliphatic rings. The van der Waals surface area contributed by atoms with Crippen molar-refractivity contribution < 1.29 is 50.0 Å². The topological polar surface area (TPSA) is 177 Å². The summed E-state index contributed by atoms with van der Waals surface area (Å²) >= 11 is 0. The molecule has 0 fully saturated rings. The Balaban J connectivity index is 1.56. The summed E-state index contributed by atoms with van der Waals surface area (Å²) in [5.74, 6) is -3.80. The van der Waals surface area contributed by atoms with Crippen LogP contribution in [0.25, 0.3) is 0 Å². The normalized spacial score (nSPS) is 21.6. The molecule has 2 aliphatic heterocycles. The number of phenolic OH excluding ortho intramolecular Hbond substituents is 6. The molecular formula is C30H24O10. The van der Waals surface area contributed by atoms with E-state index in [2.05, 4.69) is 0 Å². The quantitative estimate of drug-likeness (QED) is 0.199. The number of hydrogen-bond acceptors (Lipinski definition) is 10. The van der Waals surface area contributed by atoms with Gasteiger partial charge in [0.25, 0.3) is 0 Å². The molecule has 0 spiro atoms. The number of fused-ring (bicyclic) bond motifs is 2. The Kier molecular flexibility index (Phi) is 5.85. The molecule has 0 aliphatic carbocycles. The van der Waals surface area contributed by atoms with Gasteiger partial charge in [-0.05, 0) is 35.4 Å². The molecule has 2 heterocycles. The van der Waals surface area contributed by atoms with Gasteiger partial charge in [-0.3, -0.25) is 4.79 Å². The van der Waals surface area contributed by atoms with Crippen LogP contribution in [0.1, 0.15) is 50.7 Å². The lowest BCUT2D eigenvalue weighted by Gasteiger charge is -2.37. The first-order valence-corrected chi connectivity index (χ1v) is 12.4. The molecule has 0 saturated heterocycles. The van der Waals surface area contributed by atoms with Crippen molar-refractivity contribution in [2.45, 2.75) is 30.7 Å². The molecule has 6 rings (SSSR count). The molecule has 0 amide bonds. The van der Waals surface area contributed by atoms with E-state index in [1.165, 1.54) is 42.5 Å². The number of hydrogen-bond donors (Lipinski definition) is 7. The molecule has 4 aromatic carbocycles. The molecule has 204 valence electrons. The number of aliphatic hydroxyl groups is 1. The highest BCUT2D eigenvalue weighted by Gasteiger charge is 2.46. The van der Waals surface area contributed by atoms with Crippen molar-refractivity contribution in [3.8, 4) is 46.0 Å². The van der Waals surface area contributed by atoms with Crippen LogP contribution in [0.15, 0.2) is 66.7 Å². The van der Waals surface area contributed by atoms with E-state index in [1.807, 2.05) is 0 Å². The Bertz CT molecular complexity index is 1630. The summed E-state index contributed by atoms with van der Waals surface area (Å²) in [4.78, 5) is 14.1. The fourth-order valence-electron chi connectivity index (χ4n) is 5.43. The zero-order valence-electron chi connectivity index (χ0n) is 20.7. The first kappa shape index (κ1) is 25.2. The van der Waals surface area contributed by atoms with Gasteiger partial charge in [0.2, 0.25) is 0 Å². The summed E-state index contributed by atoms with van der Waals surface area (Å²) < 4.78 is 12.4. The number of ketones is 1. The zero-order chi connectivity index (χ0) is 28.3. The summed E-state index contributed by atoms with van der Waals surface area (Å²) in [6.07, 6.45) is -3.29.